The second kappa shape index (κ2) is 8.63. The lowest BCUT2D eigenvalue weighted by Gasteiger charge is -2.23. The number of amides is 1. The molecule has 7 heteroatoms. The quantitative estimate of drug-likeness (QED) is 0.809. The number of carbonyl (C=O) groups is 2. The van der Waals surface area contributed by atoms with Crippen LogP contribution in [0.2, 0.25) is 0 Å². The van der Waals surface area contributed by atoms with Gasteiger partial charge in [0.05, 0.1) is 12.2 Å². The number of carbonyl (C=O) groups excluding carboxylic acids is 2. The van der Waals surface area contributed by atoms with Crippen LogP contribution in [-0.2, 0) is 9.53 Å². The fourth-order valence-corrected chi connectivity index (χ4v) is 2.71. The number of aromatic nitrogens is 1. The summed E-state index contributed by atoms with van der Waals surface area (Å²) in [5.74, 6) is 0.558. The second-order valence-electron chi connectivity index (χ2n) is 6.03. The average molecular weight is 334 g/mol. The number of nitrogens with zero attached hydrogens (tertiary/aromatic N) is 3. The average Bonchev–Trinajstić information content (AvgIpc) is 2.81. The highest BCUT2D eigenvalue weighted by atomic mass is 16.5. The Kier molecular flexibility index (Phi) is 6.54. The number of ether oxygens (including phenoxy) is 1. The smallest absolute Gasteiger partial charge is 0.339 e. The lowest BCUT2D eigenvalue weighted by atomic mass is 10.2. The van der Waals surface area contributed by atoms with E-state index < -0.39 is 0 Å². The van der Waals surface area contributed by atoms with Crippen molar-refractivity contribution in [1.82, 2.24) is 9.88 Å². The van der Waals surface area contributed by atoms with E-state index >= 15 is 0 Å². The van der Waals surface area contributed by atoms with E-state index in [-0.39, 0.29) is 17.9 Å². The second-order valence-corrected chi connectivity index (χ2v) is 6.03. The molecule has 1 aromatic heterocycles. The number of rotatable bonds is 5. The molecule has 1 aliphatic heterocycles. The molecule has 1 aromatic rings. The molecule has 2 heterocycles. The van der Waals surface area contributed by atoms with E-state index in [1.165, 1.54) is 6.20 Å². The van der Waals surface area contributed by atoms with Crippen LogP contribution in [0.1, 0.15) is 37.0 Å². The van der Waals surface area contributed by atoms with Crippen LogP contribution in [0, 0.1) is 0 Å². The molecule has 7 nitrogen and oxygen atoms in total. The van der Waals surface area contributed by atoms with E-state index in [9.17, 15) is 9.59 Å². The van der Waals surface area contributed by atoms with Gasteiger partial charge in [0.15, 0.2) is 0 Å². The Morgan fingerprint density at radius 2 is 2.08 bits per heavy atom. The predicted octanol–water partition coefficient (Wildman–Crippen LogP) is 1.03. The van der Waals surface area contributed by atoms with Gasteiger partial charge in [-0.2, -0.15) is 0 Å². The van der Waals surface area contributed by atoms with Gasteiger partial charge in [-0.25, -0.2) is 9.78 Å². The first-order chi connectivity index (χ1) is 11.5. The van der Waals surface area contributed by atoms with Gasteiger partial charge in [0.2, 0.25) is 5.91 Å². The maximum atomic E-state index is 12.1. The standard InChI is InChI=1S/C17H26N4O3/c1-3-24-17(23)14-5-6-15(19-12-14)20-7-4-8-21(10-9-20)16(22)11-13(2)18/h5-6,12-13H,3-4,7-11,18H2,1-2H3. The van der Waals surface area contributed by atoms with Crippen molar-refractivity contribution in [2.24, 2.45) is 5.73 Å². The molecule has 24 heavy (non-hydrogen) atoms. The summed E-state index contributed by atoms with van der Waals surface area (Å²) in [6, 6.07) is 3.43. The Balaban J connectivity index is 1.96. The van der Waals surface area contributed by atoms with E-state index in [0.717, 1.165) is 31.9 Å². The van der Waals surface area contributed by atoms with E-state index in [1.807, 2.05) is 17.9 Å². The summed E-state index contributed by atoms with van der Waals surface area (Å²) in [5, 5.41) is 0. The molecule has 2 rings (SSSR count). The first-order valence-corrected chi connectivity index (χ1v) is 8.42. The number of hydrogen-bond donors (Lipinski definition) is 1. The highest BCUT2D eigenvalue weighted by molar-refractivity contribution is 5.89. The normalized spacial score (nSPS) is 16.5. The van der Waals surface area contributed by atoms with Gasteiger partial charge in [-0.15, -0.1) is 0 Å². The van der Waals surface area contributed by atoms with Crippen LogP contribution < -0.4 is 10.6 Å². The lowest BCUT2D eigenvalue weighted by molar-refractivity contribution is -0.131. The molecule has 0 radical (unpaired) electrons. The van der Waals surface area contributed by atoms with E-state index in [4.69, 9.17) is 10.5 Å². The minimum absolute atomic E-state index is 0.109. The first-order valence-electron chi connectivity index (χ1n) is 8.42. The molecule has 1 amide bonds. The van der Waals surface area contributed by atoms with Crippen molar-refractivity contribution in [1.29, 1.82) is 0 Å². The Labute approximate surface area is 142 Å². The largest absolute Gasteiger partial charge is 0.462 e. The van der Waals surface area contributed by atoms with Crippen LogP contribution in [0.4, 0.5) is 5.82 Å². The summed E-state index contributed by atoms with van der Waals surface area (Å²) in [7, 11) is 0. The van der Waals surface area contributed by atoms with Gasteiger partial charge in [0.25, 0.3) is 0 Å². The minimum Gasteiger partial charge on any atom is -0.462 e. The zero-order valence-electron chi connectivity index (χ0n) is 14.4. The summed E-state index contributed by atoms with van der Waals surface area (Å²) in [5.41, 5.74) is 6.16. The van der Waals surface area contributed by atoms with Crippen LogP contribution in [0.5, 0.6) is 0 Å². The predicted molar refractivity (Wildman–Crippen MR) is 91.9 cm³/mol. The molecule has 1 unspecified atom stereocenters. The van der Waals surface area contributed by atoms with E-state index in [0.29, 0.717) is 25.1 Å². The summed E-state index contributed by atoms with van der Waals surface area (Å²) in [6.45, 7) is 6.91. The van der Waals surface area contributed by atoms with Crippen molar-refractivity contribution < 1.29 is 14.3 Å². The van der Waals surface area contributed by atoms with Crippen LogP contribution in [-0.4, -0.2) is 60.6 Å². The summed E-state index contributed by atoms with van der Waals surface area (Å²) in [6.07, 6.45) is 2.80. The number of pyridine rings is 1. The van der Waals surface area contributed by atoms with Crippen molar-refractivity contribution >= 4 is 17.7 Å². The molecule has 132 valence electrons. The van der Waals surface area contributed by atoms with Crippen LogP contribution in [0.3, 0.4) is 0 Å². The fourth-order valence-electron chi connectivity index (χ4n) is 2.71. The third-order valence-corrected chi connectivity index (χ3v) is 3.93. The van der Waals surface area contributed by atoms with Crippen molar-refractivity contribution in [2.45, 2.75) is 32.7 Å². The Bertz CT molecular complexity index is 559. The summed E-state index contributed by atoms with van der Waals surface area (Å²) < 4.78 is 4.96. The maximum absolute atomic E-state index is 12.1. The molecule has 0 saturated carbocycles. The van der Waals surface area contributed by atoms with Crippen molar-refractivity contribution in [3.63, 3.8) is 0 Å². The number of nitrogens with two attached hydrogens (primary N) is 1. The summed E-state index contributed by atoms with van der Waals surface area (Å²) >= 11 is 0. The lowest BCUT2D eigenvalue weighted by Crippen LogP contribution is -2.37. The monoisotopic (exact) mass is 334 g/mol. The number of anilines is 1. The molecule has 2 N–H and O–H groups in total. The molecule has 0 aromatic carbocycles. The van der Waals surface area contributed by atoms with Gasteiger partial charge in [-0.3, -0.25) is 4.79 Å². The van der Waals surface area contributed by atoms with Crippen molar-refractivity contribution in [2.75, 3.05) is 37.7 Å². The van der Waals surface area contributed by atoms with Crippen LogP contribution >= 0.6 is 0 Å². The van der Waals surface area contributed by atoms with Gasteiger partial charge >= 0.3 is 5.97 Å². The van der Waals surface area contributed by atoms with Crippen LogP contribution in [0.15, 0.2) is 18.3 Å². The fraction of sp³-hybridized carbons (Fsp3) is 0.588. The first kappa shape index (κ1) is 18.2. The summed E-state index contributed by atoms with van der Waals surface area (Å²) in [4.78, 5) is 32.2. The van der Waals surface area contributed by atoms with Gasteiger partial charge in [0.1, 0.15) is 5.82 Å². The molecule has 1 fully saturated rings. The third kappa shape index (κ3) is 4.92. The van der Waals surface area contributed by atoms with Gasteiger partial charge in [-0.05, 0) is 32.4 Å². The molecular weight excluding hydrogens is 308 g/mol. The Morgan fingerprint density at radius 3 is 2.71 bits per heavy atom. The van der Waals surface area contributed by atoms with E-state index in [1.54, 1.807) is 13.0 Å². The molecule has 0 aliphatic carbocycles. The number of hydrogen-bond acceptors (Lipinski definition) is 6. The van der Waals surface area contributed by atoms with Crippen LogP contribution in [0.25, 0.3) is 0 Å². The van der Waals surface area contributed by atoms with Gasteiger partial charge < -0.3 is 20.3 Å². The molecular formula is C17H26N4O3. The Morgan fingerprint density at radius 1 is 1.29 bits per heavy atom. The highest BCUT2D eigenvalue weighted by Gasteiger charge is 2.20. The molecule has 1 aliphatic rings. The van der Waals surface area contributed by atoms with Crippen molar-refractivity contribution in [3.05, 3.63) is 23.9 Å². The Hall–Kier alpha value is -2.15. The molecule has 1 saturated heterocycles. The molecule has 0 spiro atoms. The van der Waals surface area contributed by atoms with Gasteiger partial charge in [0, 0.05) is 44.8 Å². The van der Waals surface area contributed by atoms with Crippen molar-refractivity contribution in [3.8, 4) is 0 Å². The molecule has 0 bridgehead atoms. The maximum Gasteiger partial charge on any atom is 0.339 e. The number of esters is 1. The topological polar surface area (TPSA) is 88.8 Å². The zero-order valence-corrected chi connectivity index (χ0v) is 14.4. The van der Waals surface area contributed by atoms with E-state index in [2.05, 4.69) is 9.88 Å². The van der Waals surface area contributed by atoms with Gasteiger partial charge in [-0.1, -0.05) is 0 Å². The molecule has 1 atom stereocenters. The minimum atomic E-state index is -0.361. The highest BCUT2D eigenvalue weighted by Crippen LogP contribution is 2.15. The SMILES string of the molecule is CCOC(=O)c1ccc(N2CCCN(C(=O)CC(C)N)CC2)nc1. The third-order valence-electron chi connectivity index (χ3n) is 3.93. The zero-order chi connectivity index (χ0) is 17.5.